The number of fused-ring (bicyclic) bond motifs is 1. The van der Waals surface area contributed by atoms with E-state index in [1.807, 2.05) is 32.2 Å². The molecule has 0 aliphatic carbocycles. The molecule has 2 rings (SSSR count). The average Bonchev–Trinajstić information content (AvgIpc) is 2.38. The molecule has 4 nitrogen and oxygen atoms in total. The van der Waals surface area contributed by atoms with E-state index >= 15 is 0 Å². The predicted octanol–water partition coefficient (Wildman–Crippen LogP) is 0.927. The number of benzene rings is 1. The highest BCUT2D eigenvalue weighted by atomic mass is 16.6. The van der Waals surface area contributed by atoms with Gasteiger partial charge in [0, 0.05) is 12.0 Å². The second kappa shape index (κ2) is 4.94. The number of hydrogen-bond acceptors (Lipinski definition) is 4. The predicted molar refractivity (Wildman–Crippen MR) is 65.8 cm³/mol. The third-order valence-electron chi connectivity index (χ3n) is 3.16. The molecular weight excluding hydrogens is 218 g/mol. The van der Waals surface area contributed by atoms with Crippen LogP contribution in [0, 0.1) is 0 Å². The number of likely N-dealkylation sites (N-methyl/N-ethyl adjacent to an activating group) is 1. The second-order valence-electron chi connectivity index (χ2n) is 4.61. The van der Waals surface area contributed by atoms with Gasteiger partial charge in [-0.05, 0) is 24.7 Å². The van der Waals surface area contributed by atoms with Crippen molar-refractivity contribution in [2.75, 3.05) is 33.4 Å². The van der Waals surface area contributed by atoms with Crippen LogP contribution >= 0.6 is 0 Å². The van der Waals surface area contributed by atoms with Crippen LogP contribution in [0.1, 0.15) is 12.5 Å². The first-order valence-electron chi connectivity index (χ1n) is 5.85. The number of rotatable bonds is 4. The summed E-state index contributed by atoms with van der Waals surface area (Å²) in [6, 6.07) is 5.86. The molecule has 0 saturated carbocycles. The molecule has 1 aliphatic heterocycles. The number of hydrogen-bond donors (Lipinski definition) is 2. The average molecular weight is 237 g/mol. The summed E-state index contributed by atoms with van der Waals surface area (Å²) in [4.78, 5) is 0. The van der Waals surface area contributed by atoms with E-state index in [4.69, 9.17) is 9.47 Å². The van der Waals surface area contributed by atoms with Gasteiger partial charge in [-0.25, -0.2) is 0 Å². The van der Waals surface area contributed by atoms with Crippen molar-refractivity contribution < 1.29 is 14.6 Å². The van der Waals surface area contributed by atoms with Crippen molar-refractivity contribution in [2.45, 2.75) is 12.3 Å². The fraction of sp³-hybridized carbons (Fsp3) is 0.538. The fourth-order valence-electron chi connectivity index (χ4n) is 2.06. The van der Waals surface area contributed by atoms with Crippen molar-refractivity contribution in [1.82, 2.24) is 5.32 Å². The van der Waals surface area contributed by atoms with E-state index in [1.165, 1.54) is 0 Å². The van der Waals surface area contributed by atoms with E-state index in [9.17, 15) is 5.11 Å². The largest absolute Gasteiger partial charge is 0.486 e. The van der Waals surface area contributed by atoms with Gasteiger partial charge in [0.15, 0.2) is 11.5 Å². The molecule has 0 spiro atoms. The van der Waals surface area contributed by atoms with Gasteiger partial charge >= 0.3 is 0 Å². The van der Waals surface area contributed by atoms with E-state index in [0.29, 0.717) is 19.8 Å². The Hall–Kier alpha value is -1.26. The van der Waals surface area contributed by atoms with Crippen LogP contribution in [0.3, 0.4) is 0 Å². The number of nitrogens with one attached hydrogen (secondary N) is 1. The molecule has 1 heterocycles. The first-order chi connectivity index (χ1) is 8.19. The molecule has 17 heavy (non-hydrogen) atoms. The normalized spacial score (nSPS) is 17.6. The lowest BCUT2D eigenvalue weighted by Gasteiger charge is -2.29. The van der Waals surface area contributed by atoms with Gasteiger partial charge in [-0.1, -0.05) is 13.0 Å². The zero-order valence-corrected chi connectivity index (χ0v) is 10.3. The summed E-state index contributed by atoms with van der Waals surface area (Å²) in [6.07, 6.45) is 0. The summed E-state index contributed by atoms with van der Waals surface area (Å²) in [5.41, 5.74) is 0.753. The van der Waals surface area contributed by atoms with Gasteiger partial charge in [-0.2, -0.15) is 0 Å². The maximum atomic E-state index is 9.56. The van der Waals surface area contributed by atoms with Crippen molar-refractivity contribution in [1.29, 1.82) is 0 Å². The van der Waals surface area contributed by atoms with Crippen LogP contribution in [-0.4, -0.2) is 38.5 Å². The highest BCUT2D eigenvalue weighted by molar-refractivity contribution is 5.46. The molecule has 0 radical (unpaired) electrons. The summed E-state index contributed by atoms with van der Waals surface area (Å²) in [5.74, 6) is 1.55. The Balaban J connectivity index is 2.32. The summed E-state index contributed by atoms with van der Waals surface area (Å²) in [7, 11) is 1.88. The van der Waals surface area contributed by atoms with Gasteiger partial charge in [0.2, 0.25) is 0 Å². The SMILES string of the molecule is CNCC(C)(CO)c1ccc2c(c1)OCCO2. The highest BCUT2D eigenvalue weighted by Crippen LogP contribution is 2.34. The minimum Gasteiger partial charge on any atom is -0.486 e. The molecule has 0 bridgehead atoms. The monoisotopic (exact) mass is 237 g/mol. The van der Waals surface area contributed by atoms with Crippen molar-refractivity contribution in [3.8, 4) is 11.5 Å². The van der Waals surface area contributed by atoms with Gasteiger partial charge < -0.3 is 19.9 Å². The highest BCUT2D eigenvalue weighted by Gasteiger charge is 2.26. The van der Waals surface area contributed by atoms with Gasteiger partial charge in [0.05, 0.1) is 6.61 Å². The van der Waals surface area contributed by atoms with Crippen molar-refractivity contribution in [2.24, 2.45) is 0 Å². The molecule has 1 unspecified atom stereocenters. The van der Waals surface area contributed by atoms with Crippen LogP contribution in [0.15, 0.2) is 18.2 Å². The minimum atomic E-state index is -0.301. The van der Waals surface area contributed by atoms with Gasteiger partial charge in [0.25, 0.3) is 0 Å². The Bertz CT molecular complexity index is 394. The Labute approximate surface area is 102 Å². The standard InChI is InChI=1S/C13H19NO3/c1-13(9-15,8-14-2)10-3-4-11-12(7-10)17-6-5-16-11/h3-4,7,14-15H,5-6,8-9H2,1-2H3. The zero-order valence-electron chi connectivity index (χ0n) is 10.3. The summed E-state index contributed by atoms with van der Waals surface area (Å²) in [6.45, 7) is 4.00. The fourth-order valence-corrected chi connectivity index (χ4v) is 2.06. The lowest BCUT2D eigenvalue weighted by Crippen LogP contribution is -2.37. The van der Waals surface area contributed by atoms with Crippen LogP contribution in [0.5, 0.6) is 11.5 Å². The molecule has 0 fully saturated rings. The topological polar surface area (TPSA) is 50.7 Å². The third-order valence-corrected chi connectivity index (χ3v) is 3.16. The number of aliphatic hydroxyl groups excluding tert-OH is 1. The Morgan fingerprint density at radius 3 is 2.65 bits per heavy atom. The van der Waals surface area contributed by atoms with Crippen molar-refractivity contribution in [3.05, 3.63) is 23.8 Å². The van der Waals surface area contributed by atoms with Gasteiger partial charge in [-0.15, -0.1) is 0 Å². The molecule has 2 N–H and O–H groups in total. The van der Waals surface area contributed by atoms with Crippen LogP contribution in [0.2, 0.25) is 0 Å². The second-order valence-corrected chi connectivity index (χ2v) is 4.61. The van der Waals surface area contributed by atoms with Crippen molar-refractivity contribution in [3.63, 3.8) is 0 Å². The van der Waals surface area contributed by atoms with Crippen molar-refractivity contribution >= 4 is 0 Å². The smallest absolute Gasteiger partial charge is 0.161 e. The number of ether oxygens (including phenoxy) is 2. The van der Waals surface area contributed by atoms with Crippen LogP contribution < -0.4 is 14.8 Å². The van der Waals surface area contributed by atoms with E-state index in [2.05, 4.69) is 5.32 Å². The molecule has 1 aromatic carbocycles. The maximum Gasteiger partial charge on any atom is 0.161 e. The lowest BCUT2D eigenvalue weighted by atomic mass is 9.83. The maximum absolute atomic E-state index is 9.56. The van der Waals surface area contributed by atoms with E-state index in [0.717, 1.165) is 17.1 Å². The minimum absolute atomic E-state index is 0.0908. The molecule has 0 amide bonds. The summed E-state index contributed by atoms with van der Waals surface area (Å²) < 4.78 is 11.0. The van der Waals surface area contributed by atoms with Crippen LogP contribution in [0.25, 0.3) is 0 Å². The van der Waals surface area contributed by atoms with Gasteiger partial charge in [0.1, 0.15) is 13.2 Å². The molecule has 4 heteroatoms. The molecule has 0 aromatic heterocycles. The Kier molecular flexibility index (Phi) is 3.54. The first kappa shape index (κ1) is 12.2. The van der Waals surface area contributed by atoms with Crippen LogP contribution in [-0.2, 0) is 5.41 Å². The summed E-state index contributed by atoms with van der Waals surface area (Å²) >= 11 is 0. The van der Waals surface area contributed by atoms with E-state index in [-0.39, 0.29) is 12.0 Å². The third kappa shape index (κ3) is 2.37. The Morgan fingerprint density at radius 1 is 1.29 bits per heavy atom. The van der Waals surface area contributed by atoms with E-state index in [1.54, 1.807) is 0 Å². The molecule has 1 aliphatic rings. The van der Waals surface area contributed by atoms with Crippen LogP contribution in [0.4, 0.5) is 0 Å². The lowest BCUT2D eigenvalue weighted by molar-refractivity contribution is 0.169. The molecule has 1 atom stereocenters. The Morgan fingerprint density at radius 2 is 2.00 bits per heavy atom. The zero-order chi connectivity index (χ0) is 12.3. The summed E-state index contributed by atoms with van der Waals surface area (Å²) in [5, 5.41) is 12.7. The molecule has 94 valence electrons. The number of aliphatic hydroxyl groups is 1. The van der Waals surface area contributed by atoms with E-state index < -0.39 is 0 Å². The molecule has 0 saturated heterocycles. The molecule has 1 aromatic rings. The van der Waals surface area contributed by atoms with Gasteiger partial charge in [-0.3, -0.25) is 0 Å². The molecular formula is C13H19NO3. The first-order valence-corrected chi connectivity index (χ1v) is 5.85. The quantitative estimate of drug-likeness (QED) is 0.818.